The molecule has 0 atom stereocenters. The molecule has 0 radical (unpaired) electrons. The molecule has 5 rings (SSSR count). The van der Waals surface area contributed by atoms with Gasteiger partial charge in [-0.25, -0.2) is 0 Å². The Balaban J connectivity index is 1.46. The van der Waals surface area contributed by atoms with Gasteiger partial charge in [0, 0.05) is 40.9 Å². The average Bonchev–Trinajstić information content (AvgIpc) is 3.23. The lowest BCUT2D eigenvalue weighted by molar-refractivity contribution is -0.111. The first-order valence-electron chi connectivity index (χ1n) is 10.6. The van der Waals surface area contributed by atoms with Crippen molar-refractivity contribution in [3.05, 3.63) is 75.5 Å². The van der Waals surface area contributed by atoms with Crippen LogP contribution in [0.5, 0.6) is 0 Å². The molecular weight excluding hydrogens is 456 g/mol. The highest BCUT2D eigenvalue weighted by Crippen LogP contribution is 2.44. The predicted molar refractivity (Wildman–Crippen MR) is 125 cm³/mol. The number of carbonyl (C=O) groups is 1. The van der Waals surface area contributed by atoms with E-state index in [0.29, 0.717) is 11.3 Å². The van der Waals surface area contributed by atoms with Crippen LogP contribution in [0.1, 0.15) is 30.5 Å². The van der Waals surface area contributed by atoms with E-state index in [-0.39, 0.29) is 5.91 Å². The van der Waals surface area contributed by atoms with Gasteiger partial charge in [-0.15, -0.1) is 0 Å². The maximum Gasteiger partial charge on any atom is 0.260 e. The molecule has 3 aliphatic heterocycles. The van der Waals surface area contributed by atoms with Gasteiger partial charge in [-0.05, 0) is 49.2 Å². The Hall–Kier alpha value is -2.41. The monoisotopic (exact) mass is 480 g/mol. The van der Waals surface area contributed by atoms with Crippen molar-refractivity contribution in [3.8, 4) is 0 Å². The maximum absolute atomic E-state index is 12.7. The first kappa shape index (κ1) is 20.5. The summed E-state index contributed by atoms with van der Waals surface area (Å²) in [7, 11) is 0. The quantitative estimate of drug-likeness (QED) is 0.638. The Morgan fingerprint density at radius 2 is 1.84 bits per heavy atom. The zero-order valence-corrected chi connectivity index (χ0v) is 19.3. The molecule has 31 heavy (non-hydrogen) atoms. The van der Waals surface area contributed by atoms with Crippen molar-refractivity contribution in [2.75, 3.05) is 31.6 Å². The lowest BCUT2D eigenvalue weighted by Crippen LogP contribution is -2.35. The Labute approximate surface area is 190 Å². The van der Waals surface area contributed by atoms with E-state index < -0.39 is 5.60 Å². The Morgan fingerprint density at radius 3 is 2.58 bits per heavy atom. The van der Waals surface area contributed by atoms with Crippen LogP contribution in [0.2, 0.25) is 0 Å². The van der Waals surface area contributed by atoms with Gasteiger partial charge >= 0.3 is 0 Å². The van der Waals surface area contributed by atoms with E-state index in [0.717, 1.165) is 59.7 Å². The van der Waals surface area contributed by atoms with E-state index in [2.05, 4.69) is 50.4 Å². The summed E-state index contributed by atoms with van der Waals surface area (Å²) >= 11 is 3.51. The van der Waals surface area contributed by atoms with Gasteiger partial charge < -0.3 is 14.8 Å². The first-order valence-corrected chi connectivity index (χ1v) is 11.4. The van der Waals surface area contributed by atoms with Crippen molar-refractivity contribution < 1.29 is 14.3 Å². The first-order chi connectivity index (χ1) is 14.9. The number of nitrogens with one attached hydrogen (secondary N) is 1. The largest absolute Gasteiger partial charge is 0.482 e. The lowest BCUT2D eigenvalue weighted by atomic mass is 9.91. The third kappa shape index (κ3) is 3.95. The van der Waals surface area contributed by atoms with E-state index in [4.69, 9.17) is 9.47 Å². The number of rotatable bonds is 3. The van der Waals surface area contributed by atoms with Gasteiger partial charge in [0.15, 0.2) is 0 Å². The minimum Gasteiger partial charge on any atom is -0.482 e. The third-order valence-electron chi connectivity index (χ3n) is 6.04. The van der Waals surface area contributed by atoms with Gasteiger partial charge in [-0.3, -0.25) is 9.69 Å². The van der Waals surface area contributed by atoms with Crippen LogP contribution in [0.15, 0.2) is 58.8 Å². The number of morpholine rings is 1. The summed E-state index contributed by atoms with van der Waals surface area (Å²) in [5, 5.41) is 2.94. The summed E-state index contributed by atoms with van der Waals surface area (Å²) in [6.07, 6.45) is 2.02. The highest BCUT2D eigenvalue weighted by Gasteiger charge is 2.38. The van der Waals surface area contributed by atoms with Gasteiger partial charge in [0.2, 0.25) is 0 Å². The van der Waals surface area contributed by atoms with Crippen molar-refractivity contribution in [1.29, 1.82) is 0 Å². The fraction of sp³-hybridized carbons (Fsp3) is 0.320. The molecule has 1 saturated heterocycles. The van der Waals surface area contributed by atoms with E-state index in [1.54, 1.807) is 0 Å². The number of halogens is 1. The van der Waals surface area contributed by atoms with Gasteiger partial charge in [0.1, 0.15) is 11.4 Å². The highest BCUT2D eigenvalue weighted by atomic mass is 79.9. The SMILES string of the molecule is CC1(C)OC(=C2C(=O)Nc3ccc(Br)cc32)C=C1c1ccc(CN2CCOCC2)cc1. The zero-order chi connectivity index (χ0) is 21.6. The molecule has 0 spiro atoms. The number of allylic oxidation sites excluding steroid dienone is 1. The van der Waals surface area contributed by atoms with Crippen LogP contribution in [-0.4, -0.2) is 42.7 Å². The molecule has 5 nitrogen and oxygen atoms in total. The molecule has 1 fully saturated rings. The lowest BCUT2D eigenvalue weighted by Gasteiger charge is -2.27. The molecule has 2 aromatic rings. The van der Waals surface area contributed by atoms with Crippen LogP contribution in [0.25, 0.3) is 11.1 Å². The van der Waals surface area contributed by atoms with E-state index in [1.165, 1.54) is 5.56 Å². The summed E-state index contributed by atoms with van der Waals surface area (Å²) in [5.74, 6) is 0.490. The highest BCUT2D eigenvalue weighted by molar-refractivity contribution is 9.10. The van der Waals surface area contributed by atoms with Gasteiger partial charge in [0.05, 0.1) is 18.8 Å². The number of benzene rings is 2. The molecule has 6 heteroatoms. The van der Waals surface area contributed by atoms with Crippen molar-refractivity contribution >= 4 is 38.7 Å². The molecule has 0 unspecified atom stereocenters. The molecule has 160 valence electrons. The molecule has 2 aromatic carbocycles. The number of nitrogens with zero attached hydrogens (tertiary/aromatic N) is 1. The molecule has 0 aliphatic carbocycles. The molecule has 1 N–H and O–H groups in total. The van der Waals surface area contributed by atoms with Crippen LogP contribution in [0.4, 0.5) is 5.69 Å². The fourth-order valence-corrected chi connectivity index (χ4v) is 4.77. The zero-order valence-electron chi connectivity index (χ0n) is 17.7. The minimum atomic E-state index is -0.525. The Morgan fingerprint density at radius 1 is 1.10 bits per heavy atom. The van der Waals surface area contributed by atoms with E-state index >= 15 is 0 Å². The van der Waals surface area contributed by atoms with Crippen LogP contribution in [0, 0.1) is 0 Å². The fourth-order valence-electron chi connectivity index (χ4n) is 4.41. The number of amides is 1. The molecule has 0 aromatic heterocycles. The average molecular weight is 481 g/mol. The number of carbonyl (C=O) groups excluding carboxylic acids is 1. The molecule has 1 amide bonds. The number of anilines is 1. The van der Waals surface area contributed by atoms with Crippen LogP contribution >= 0.6 is 15.9 Å². The molecule has 0 saturated carbocycles. The summed E-state index contributed by atoms with van der Waals surface area (Å²) in [6.45, 7) is 8.59. The Bertz CT molecular complexity index is 1100. The molecule has 0 bridgehead atoms. The summed E-state index contributed by atoms with van der Waals surface area (Å²) in [5.41, 5.74) is 5.21. The summed E-state index contributed by atoms with van der Waals surface area (Å²) < 4.78 is 12.7. The second-order valence-corrected chi connectivity index (χ2v) is 9.55. The standard InChI is InChI=1S/C25H25BrN2O3/c1-25(2)20(17-5-3-16(4-6-17)15-28-9-11-30-12-10-28)14-22(31-25)23-19-13-18(26)7-8-21(19)27-24(23)29/h3-8,13-14H,9-12,15H2,1-2H3,(H,27,29). The maximum atomic E-state index is 12.7. The van der Waals surface area contributed by atoms with Gasteiger partial charge in [0.25, 0.3) is 5.91 Å². The van der Waals surface area contributed by atoms with Crippen LogP contribution in [-0.2, 0) is 20.8 Å². The minimum absolute atomic E-state index is 0.128. The smallest absolute Gasteiger partial charge is 0.260 e. The van der Waals surface area contributed by atoms with Crippen LogP contribution < -0.4 is 5.32 Å². The summed E-state index contributed by atoms with van der Waals surface area (Å²) in [6, 6.07) is 14.5. The molecule has 3 aliphatic rings. The van der Waals surface area contributed by atoms with E-state index in [9.17, 15) is 4.79 Å². The van der Waals surface area contributed by atoms with Crippen molar-refractivity contribution in [2.45, 2.75) is 26.0 Å². The van der Waals surface area contributed by atoms with Gasteiger partial charge in [-0.2, -0.15) is 0 Å². The summed E-state index contributed by atoms with van der Waals surface area (Å²) in [4.78, 5) is 15.1. The third-order valence-corrected chi connectivity index (χ3v) is 6.53. The number of ether oxygens (including phenoxy) is 2. The normalized spacial score (nSPS) is 22.7. The van der Waals surface area contributed by atoms with Gasteiger partial charge in [-0.1, -0.05) is 40.2 Å². The number of hydrogen-bond acceptors (Lipinski definition) is 4. The van der Waals surface area contributed by atoms with Crippen LogP contribution in [0.3, 0.4) is 0 Å². The topological polar surface area (TPSA) is 50.8 Å². The molecule has 3 heterocycles. The van der Waals surface area contributed by atoms with E-state index in [1.807, 2.05) is 38.1 Å². The predicted octanol–water partition coefficient (Wildman–Crippen LogP) is 4.84. The second-order valence-electron chi connectivity index (χ2n) is 8.64. The number of fused-ring (bicyclic) bond motifs is 1. The van der Waals surface area contributed by atoms with Crippen molar-refractivity contribution in [1.82, 2.24) is 4.90 Å². The number of hydrogen-bond donors (Lipinski definition) is 1. The molecular formula is C25H25BrN2O3. The van der Waals surface area contributed by atoms with Crippen molar-refractivity contribution in [2.24, 2.45) is 0 Å². The Kier molecular flexibility index (Phi) is 5.24. The van der Waals surface area contributed by atoms with Crippen molar-refractivity contribution in [3.63, 3.8) is 0 Å². The second kappa shape index (κ2) is 7.93.